The van der Waals surface area contributed by atoms with E-state index in [1.54, 1.807) is 0 Å². The Morgan fingerprint density at radius 2 is 2.18 bits per heavy atom. The van der Waals surface area contributed by atoms with Crippen LogP contribution >= 0.6 is 0 Å². The Labute approximate surface area is 102 Å². The van der Waals surface area contributed by atoms with Crippen LogP contribution in [0.15, 0.2) is 30.3 Å². The zero-order chi connectivity index (χ0) is 12.1. The van der Waals surface area contributed by atoms with Crippen molar-refractivity contribution >= 4 is 5.91 Å². The zero-order valence-corrected chi connectivity index (χ0v) is 10.1. The van der Waals surface area contributed by atoms with Gasteiger partial charge in [-0.05, 0) is 12.6 Å². The normalized spacial score (nSPS) is 20.6. The van der Waals surface area contributed by atoms with Crippen molar-refractivity contribution in [2.75, 3.05) is 26.8 Å². The molecular formula is C13H18N2O2. The quantitative estimate of drug-likeness (QED) is 0.831. The largest absolute Gasteiger partial charge is 0.369 e. The van der Waals surface area contributed by atoms with Crippen molar-refractivity contribution in [2.24, 2.45) is 0 Å². The second-order valence-corrected chi connectivity index (χ2v) is 4.23. The van der Waals surface area contributed by atoms with Gasteiger partial charge in [-0.15, -0.1) is 0 Å². The van der Waals surface area contributed by atoms with Crippen LogP contribution in [0.5, 0.6) is 0 Å². The molecule has 1 aromatic rings. The van der Waals surface area contributed by atoms with Crippen LogP contribution in [-0.2, 0) is 16.1 Å². The first kappa shape index (κ1) is 12.1. The van der Waals surface area contributed by atoms with Crippen molar-refractivity contribution < 1.29 is 9.53 Å². The van der Waals surface area contributed by atoms with Gasteiger partial charge in [0.05, 0.1) is 12.6 Å². The summed E-state index contributed by atoms with van der Waals surface area (Å²) in [5, 5.41) is 3.10. The van der Waals surface area contributed by atoms with Crippen LogP contribution in [0, 0.1) is 0 Å². The molecule has 1 atom stereocenters. The van der Waals surface area contributed by atoms with Crippen LogP contribution < -0.4 is 5.32 Å². The van der Waals surface area contributed by atoms with Gasteiger partial charge in [-0.3, -0.25) is 4.79 Å². The minimum atomic E-state index is 0.0698. The molecule has 1 aliphatic heterocycles. The number of ether oxygens (including phenoxy) is 1. The molecular weight excluding hydrogens is 216 g/mol. The van der Waals surface area contributed by atoms with Gasteiger partial charge in [-0.25, -0.2) is 0 Å². The van der Waals surface area contributed by atoms with Crippen LogP contribution in [0.2, 0.25) is 0 Å². The third kappa shape index (κ3) is 3.05. The first-order valence-corrected chi connectivity index (χ1v) is 5.87. The molecule has 0 saturated carbocycles. The number of likely N-dealkylation sites (N-methyl/N-ethyl adjacent to an activating group) is 1. The summed E-state index contributed by atoms with van der Waals surface area (Å²) in [7, 11) is 1.89. The molecule has 1 unspecified atom stereocenters. The van der Waals surface area contributed by atoms with E-state index in [9.17, 15) is 4.79 Å². The molecule has 1 aliphatic rings. The molecule has 17 heavy (non-hydrogen) atoms. The lowest BCUT2D eigenvalue weighted by Gasteiger charge is -2.35. The summed E-state index contributed by atoms with van der Waals surface area (Å²) >= 11 is 0. The molecule has 4 heteroatoms. The summed E-state index contributed by atoms with van der Waals surface area (Å²) < 4.78 is 5.28. The minimum absolute atomic E-state index is 0.0698. The third-order valence-electron chi connectivity index (χ3n) is 2.93. The van der Waals surface area contributed by atoms with Gasteiger partial charge in [0.1, 0.15) is 6.61 Å². The monoisotopic (exact) mass is 234 g/mol. The van der Waals surface area contributed by atoms with E-state index < -0.39 is 0 Å². The van der Waals surface area contributed by atoms with Crippen LogP contribution in [0.1, 0.15) is 5.56 Å². The number of benzene rings is 1. The molecule has 0 aromatic heterocycles. The van der Waals surface area contributed by atoms with Gasteiger partial charge in [0.15, 0.2) is 0 Å². The smallest absolute Gasteiger partial charge is 0.249 e. The fraction of sp³-hybridized carbons (Fsp3) is 0.462. The van der Waals surface area contributed by atoms with Gasteiger partial charge >= 0.3 is 0 Å². The van der Waals surface area contributed by atoms with E-state index in [0.717, 1.165) is 12.1 Å². The molecule has 1 amide bonds. The van der Waals surface area contributed by atoms with E-state index in [1.807, 2.05) is 42.3 Å². The number of rotatable bonds is 4. The SMILES string of the molecule is CNCC1COCC(=O)N1Cc1ccccc1. The van der Waals surface area contributed by atoms with E-state index in [0.29, 0.717) is 13.2 Å². The Morgan fingerprint density at radius 1 is 1.41 bits per heavy atom. The zero-order valence-electron chi connectivity index (χ0n) is 10.1. The topological polar surface area (TPSA) is 41.6 Å². The second kappa shape index (κ2) is 5.80. The maximum Gasteiger partial charge on any atom is 0.249 e. The highest BCUT2D eigenvalue weighted by Gasteiger charge is 2.27. The lowest BCUT2D eigenvalue weighted by Crippen LogP contribution is -2.52. The number of carbonyl (C=O) groups excluding carboxylic acids is 1. The molecule has 4 nitrogen and oxygen atoms in total. The summed E-state index contributed by atoms with van der Waals surface area (Å²) in [6.07, 6.45) is 0. The predicted octanol–water partition coefficient (Wildman–Crippen LogP) is 0.633. The molecule has 0 spiro atoms. The van der Waals surface area contributed by atoms with E-state index in [1.165, 1.54) is 0 Å². The van der Waals surface area contributed by atoms with Crippen molar-refractivity contribution in [1.29, 1.82) is 0 Å². The van der Waals surface area contributed by atoms with Gasteiger partial charge in [0.2, 0.25) is 5.91 Å². The van der Waals surface area contributed by atoms with Crippen molar-refractivity contribution in [3.05, 3.63) is 35.9 Å². The Bertz CT molecular complexity index is 365. The second-order valence-electron chi connectivity index (χ2n) is 4.23. The fourth-order valence-corrected chi connectivity index (χ4v) is 2.06. The Kier molecular flexibility index (Phi) is 4.12. The van der Waals surface area contributed by atoms with Gasteiger partial charge < -0.3 is 15.0 Å². The molecule has 92 valence electrons. The van der Waals surface area contributed by atoms with Crippen molar-refractivity contribution in [3.63, 3.8) is 0 Å². The summed E-state index contributed by atoms with van der Waals surface area (Å²) in [6, 6.07) is 10.2. The summed E-state index contributed by atoms with van der Waals surface area (Å²) in [4.78, 5) is 13.8. The predicted molar refractivity (Wildman–Crippen MR) is 65.5 cm³/mol. The number of carbonyl (C=O) groups is 1. The molecule has 1 N–H and O–H groups in total. The van der Waals surface area contributed by atoms with Gasteiger partial charge in [-0.2, -0.15) is 0 Å². The Hall–Kier alpha value is -1.39. The Morgan fingerprint density at radius 3 is 2.88 bits per heavy atom. The van der Waals surface area contributed by atoms with Gasteiger partial charge in [0, 0.05) is 13.1 Å². The molecule has 0 radical (unpaired) electrons. The van der Waals surface area contributed by atoms with E-state index >= 15 is 0 Å². The number of nitrogens with zero attached hydrogens (tertiary/aromatic N) is 1. The lowest BCUT2D eigenvalue weighted by molar-refractivity contribution is -0.148. The fourth-order valence-electron chi connectivity index (χ4n) is 2.06. The number of morpholine rings is 1. The van der Waals surface area contributed by atoms with Crippen molar-refractivity contribution in [2.45, 2.75) is 12.6 Å². The van der Waals surface area contributed by atoms with Crippen LogP contribution in [0.3, 0.4) is 0 Å². The standard InChI is InChI=1S/C13H18N2O2/c1-14-7-12-9-17-10-13(16)15(12)8-11-5-3-2-4-6-11/h2-6,12,14H,7-10H2,1H3. The lowest BCUT2D eigenvalue weighted by atomic mass is 10.1. The molecule has 2 rings (SSSR count). The molecule has 1 heterocycles. The summed E-state index contributed by atoms with van der Waals surface area (Å²) in [6.45, 7) is 2.24. The number of amides is 1. The van der Waals surface area contributed by atoms with Gasteiger partial charge in [-0.1, -0.05) is 30.3 Å². The highest BCUT2D eigenvalue weighted by atomic mass is 16.5. The van der Waals surface area contributed by atoms with Crippen molar-refractivity contribution in [1.82, 2.24) is 10.2 Å². The first-order valence-electron chi connectivity index (χ1n) is 5.87. The molecule has 0 bridgehead atoms. The molecule has 1 saturated heterocycles. The minimum Gasteiger partial charge on any atom is -0.369 e. The third-order valence-corrected chi connectivity index (χ3v) is 2.93. The van der Waals surface area contributed by atoms with Crippen molar-refractivity contribution in [3.8, 4) is 0 Å². The highest BCUT2D eigenvalue weighted by molar-refractivity contribution is 5.78. The average Bonchev–Trinajstić information content (AvgIpc) is 2.35. The molecule has 1 aromatic carbocycles. The number of nitrogens with one attached hydrogen (secondary N) is 1. The molecule has 1 fully saturated rings. The first-order chi connectivity index (χ1) is 8.31. The summed E-state index contributed by atoms with van der Waals surface area (Å²) in [5.74, 6) is 0.0698. The average molecular weight is 234 g/mol. The van der Waals surface area contributed by atoms with Crippen LogP contribution in [0.25, 0.3) is 0 Å². The highest BCUT2D eigenvalue weighted by Crippen LogP contribution is 2.12. The Balaban J connectivity index is 2.07. The molecule has 0 aliphatic carbocycles. The van der Waals surface area contributed by atoms with E-state index in [-0.39, 0.29) is 18.6 Å². The van der Waals surface area contributed by atoms with Crippen LogP contribution in [-0.4, -0.2) is 43.7 Å². The van der Waals surface area contributed by atoms with E-state index in [2.05, 4.69) is 5.32 Å². The van der Waals surface area contributed by atoms with E-state index in [4.69, 9.17) is 4.74 Å². The maximum atomic E-state index is 11.9. The number of hydrogen-bond donors (Lipinski definition) is 1. The number of hydrogen-bond acceptors (Lipinski definition) is 3. The summed E-state index contributed by atoms with van der Waals surface area (Å²) in [5.41, 5.74) is 1.16. The van der Waals surface area contributed by atoms with Crippen LogP contribution in [0.4, 0.5) is 0 Å². The maximum absolute atomic E-state index is 11.9. The van der Waals surface area contributed by atoms with Gasteiger partial charge in [0.25, 0.3) is 0 Å².